The van der Waals surface area contributed by atoms with E-state index in [1.165, 1.54) is 12.1 Å². The van der Waals surface area contributed by atoms with Crippen molar-refractivity contribution in [3.8, 4) is 6.07 Å². The highest BCUT2D eigenvalue weighted by atomic mass is 19.1. The van der Waals surface area contributed by atoms with Crippen LogP contribution in [-0.4, -0.2) is 10.7 Å². The Balaban J connectivity index is 2.54. The molecule has 0 saturated heterocycles. The lowest BCUT2D eigenvalue weighted by atomic mass is 9.64. The number of Topliss-reactive ketones (excluding diaryl/α,β-unsaturated/α-hetero) is 1. The fourth-order valence-corrected chi connectivity index (χ4v) is 1.98. The number of hydrogen-bond donors (Lipinski definition) is 0. The minimum atomic E-state index is -1.23. The van der Waals surface area contributed by atoms with E-state index in [0.717, 1.165) is 6.07 Å². The van der Waals surface area contributed by atoms with Crippen molar-refractivity contribution >= 4 is 11.5 Å². The lowest BCUT2D eigenvalue weighted by molar-refractivity contribution is -0.387. The summed E-state index contributed by atoms with van der Waals surface area (Å²) in [6, 6.07) is 5.55. The zero-order chi connectivity index (χ0) is 12.6. The summed E-state index contributed by atoms with van der Waals surface area (Å²) in [5.41, 5.74) is -1.96. The van der Waals surface area contributed by atoms with E-state index in [-0.39, 0.29) is 24.2 Å². The highest BCUT2D eigenvalue weighted by Crippen LogP contribution is 2.43. The molecule has 0 unspecified atom stereocenters. The Labute approximate surface area is 95.6 Å². The molecule has 2 rings (SSSR count). The minimum Gasteiger partial charge on any atom is -0.300 e. The van der Waals surface area contributed by atoms with Crippen LogP contribution in [0, 0.1) is 27.3 Å². The molecule has 5 nitrogen and oxygen atoms in total. The van der Waals surface area contributed by atoms with Crippen LogP contribution in [0.2, 0.25) is 0 Å². The third-order valence-electron chi connectivity index (χ3n) is 2.90. The molecule has 6 heteroatoms. The molecule has 0 N–H and O–H groups in total. The number of halogens is 1. The first-order chi connectivity index (χ1) is 8.00. The molecule has 17 heavy (non-hydrogen) atoms. The number of rotatable bonds is 2. The molecule has 1 fully saturated rings. The fourth-order valence-electron chi connectivity index (χ4n) is 1.98. The molecule has 1 saturated carbocycles. The van der Waals surface area contributed by atoms with Crippen LogP contribution in [0.25, 0.3) is 0 Å². The van der Waals surface area contributed by atoms with Crippen molar-refractivity contribution in [2.75, 3.05) is 0 Å². The van der Waals surface area contributed by atoms with Gasteiger partial charge < -0.3 is 0 Å². The molecule has 1 aliphatic carbocycles. The van der Waals surface area contributed by atoms with Crippen molar-refractivity contribution in [3.63, 3.8) is 0 Å². The van der Waals surface area contributed by atoms with Gasteiger partial charge in [-0.3, -0.25) is 14.9 Å². The molecule has 1 aliphatic rings. The second-order valence-corrected chi connectivity index (χ2v) is 3.98. The van der Waals surface area contributed by atoms with Crippen molar-refractivity contribution < 1.29 is 14.1 Å². The first-order valence-electron chi connectivity index (χ1n) is 4.86. The molecule has 1 aromatic rings. The van der Waals surface area contributed by atoms with Crippen LogP contribution in [0.4, 0.5) is 10.1 Å². The largest absolute Gasteiger partial charge is 0.305 e. The predicted molar refractivity (Wildman–Crippen MR) is 54.6 cm³/mol. The Morgan fingerprint density at radius 1 is 1.47 bits per heavy atom. The number of nitro groups is 1. The molecule has 0 heterocycles. The minimum absolute atomic E-state index is 0.0613. The molecular formula is C11H7FN2O3. The van der Waals surface area contributed by atoms with E-state index in [2.05, 4.69) is 0 Å². The van der Waals surface area contributed by atoms with E-state index < -0.39 is 21.8 Å². The fraction of sp³-hybridized carbons (Fsp3) is 0.273. The topological polar surface area (TPSA) is 84.0 Å². The molecule has 0 aromatic heterocycles. The van der Waals surface area contributed by atoms with Gasteiger partial charge in [0.2, 0.25) is 5.82 Å². The molecule has 86 valence electrons. The Hall–Kier alpha value is -2.29. The van der Waals surface area contributed by atoms with Crippen LogP contribution in [0.5, 0.6) is 0 Å². The number of carbonyl (C=O) groups excluding carboxylic acids is 1. The van der Waals surface area contributed by atoms with E-state index in [0.29, 0.717) is 0 Å². The summed E-state index contributed by atoms with van der Waals surface area (Å²) in [6.07, 6.45) is -0.164. The van der Waals surface area contributed by atoms with Crippen molar-refractivity contribution in [1.82, 2.24) is 0 Å². The molecule has 0 aliphatic heterocycles. The van der Waals surface area contributed by atoms with Gasteiger partial charge in [-0.25, -0.2) is 0 Å². The van der Waals surface area contributed by atoms with E-state index >= 15 is 0 Å². The Morgan fingerprint density at radius 2 is 2.12 bits per heavy atom. The number of ketones is 1. The smallest absolute Gasteiger partial charge is 0.300 e. The van der Waals surface area contributed by atoms with Gasteiger partial charge in [-0.1, -0.05) is 12.1 Å². The third kappa shape index (κ3) is 1.56. The lowest BCUT2D eigenvalue weighted by Crippen LogP contribution is -2.41. The molecule has 0 radical (unpaired) electrons. The third-order valence-corrected chi connectivity index (χ3v) is 2.90. The van der Waals surface area contributed by atoms with Crippen molar-refractivity contribution in [2.24, 2.45) is 0 Å². The van der Waals surface area contributed by atoms with Crippen LogP contribution in [0.1, 0.15) is 18.4 Å². The van der Waals surface area contributed by atoms with Crippen molar-refractivity contribution in [1.29, 1.82) is 5.26 Å². The van der Waals surface area contributed by atoms with Crippen molar-refractivity contribution in [3.05, 3.63) is 39.7 Å². The summed E-state index contributed by atoms with van der Waals surface area (Å²) in [7, 11) is 0. The average molecular weight is 234 g/mol. The van der Waals surface area contributed by atoms with Gasteiger partial charge in [0.1, 0.15) is 5.78 Å². The molecular weight excluding hydrogens is 227 g/mol. The second-order valence-electron chi connectivity index (χ2n) is 3.98. The van der Waals surface area contributed by atoms with Gasteiger partial charge in [0.25, 0.3) is 0 Å². The number of benzene rings is 1. The van der Waals surface area contributed by atoms with Crippen LogP contribution in [0.15, 0.2) is 18.2 Å². The monoisotopic (exact) mass is 234 g/mol. The number of hydrogen-bond acceptors (Lipinski definition) is 4. The van der Waals surface area contributed by atoms with Crippen molar-refractivity contribution in [2.45, 2.75) is 18.3 Å². The van der Waals surface area contributed by atoms with Crippen LogP contribution >= 0.6 is 0 Å². The highest BCUT2D eigenvalue weighted by Gasteiger charge is 2.48. The molecule has 0 atom stereocenters. The predicted octanol–water partition coefficient (Wildman–Crippen LogP) is 1.86. The summed E-state index contributed by atoms with van der Waals surface area (Å²) >= 11 is 0. The molecule has 1 aromatic carbocycles. The van der Waals surface area contributed by atoms with E-state index in [4.69, 9.17) is 5.26 Å². The van der Waals surface area contributed by atoms with Crippen LogP contribution in [0.3, 0.4) is 0 Å². The number of carbonyl (C=O) groups is 1. The molecule has 0 amide bonds. The first kappa shape index (κ1) is 11.2. The van der Waals surface area contributed by atoms with E-state index in [1.807, 2.05) is 6.07 Å². The normalized spacial score (nSPS) is 17.1. The summed E-state index contributed by atoms with van der Waals surface area (Å²) < 4.78 is 13.8. The van der Waals surface area contributed by atoms with E-state index in [1.54, 1.807) is 0 Å². The van der Waals surface area contributed by atoms with Gasteiger partial charge in [-0.2, -0.15) is 9.65 Å². The van der Waals surface area contributed by atoms with Crippen LogP contribution < -0.4 is 0 Å². The number of nitriles is 1. The number of nitro benzene ring substituents is 1. The highest BCUT2D eigenvalue weighted by molar-refractivity contribution is 5.90. The maximum Gasteiger partial charge on any atom is 0.305 e. The van der Waals surface area contributed by atoms with Gasteiger partial charge in [-0.05, 0) is 0 Å². The van der Waals surface area contributed by atoms with E-state index in [9.17, 15) is 19.3 Å². The Bertz CT molecular complexity index is 554. The lowest BCUT2D eigenvalue weighted by Gasteiger charge is -2.33. The SMILES string of the molecule is N#CC1(c2cccc([N+](=O)[O-])c2F)CC(=O)C1. The maximum absolute atomic E-state index is 13.8. The van der Waals surface area contributed by atoms with Gasteiger partial charge >= 0.3 is 5.69 Å². The Kier molecular flexibility index (Phi) is 2.39. The maximum atomic E-state index is 13.8. The first-order valence-corrected chi connectivity index (χ1v) is 4.86. The molecule has 0 spiro atoms. The van der Waals surface area contributed by atoms with Gasteiger partial charge in [-0.15, -0.1) is 0 Å². The standard InChI is InChI=1S/C11H7FN2O3/c12-10-8(2-1-3-9(10)14(16)17)11(6-13)4-7(15)5-11/h1-3H,4-5H2. The summed E-state index contributed by atoms with van der Waals surface area (Å²) in [5, 5.41) is 19.6. The number of nitrogens with zero attached hydrogens (tertiary/aromatic N) is 2. The second kappa shape index (κ2) is 3.63. The average Bonchev–Trinajstić information content (AvgIpc) is 2.24. The molecule has 0 bridgehead atoms. The van der Waals surface area contributed by atoms with Gasteiger partial charge in [0.15, 0.2) is 0 Å². The summed E-state index contributed by atoms with van der Waals surface area (Å²) in [6.45, 7) is 0. The van der Waals surface area contributed by atoms with Gasteiger partial charge in [0.05, 0.1) is 16.4 Å². The zero-order valence-electron chi connectivity index (χ0n) is 8.64. The summed E-state index contributed by atoms with van der Waals surface area (Å²) in [5.74, 6) is -1.16. The summed E-state index contributed by atoms with van der Waals surface area (Å²) in [4.78, 5) is 20.7. The Morgan fingerprint density at radius 3 is 2.59 bits per heavy atom. The zero-order valence-corrected chi connectivity index (χ0v) is 8.64. The van der Waals surface area contributed by atoms with Gasteiger partial charge in [0, 0.05) is 24.5 Å². The van der Waals surface area contributed by atoms with Crippen LogP contribution in [-0.2, 0) is 10.2 Å². The quantitative estimate of drug-likeness (QED) is 0.577.